The number of sulfone groups is 1. The minimum absolute atomic E-state index is 0.0850. The van der Waals surface area contributed by atoms with Crippen molar-refractivity contribution in [2.24, 2.45) is 0 Å². The number of hydrogen-bond acceptors (Lipinski definition) is 4. The highest BCUT2D eigenvalue weighted by molar-refractivity contribution is 7.90. The molecule has 0 bridgehead atoms. The van der Waals surface area contributed by atoms with E-state index >= 15 is 0 Å². The molecule has 2 rings (SSSR count). The number of amides is 1. The molecule has 0 fully saturated rings. The Labute approximate surface area is 123 Å². The van der Waals surface area contributed by atoms with Gasteiger partial charge in [0.25, 0.3) is 5.91 Å². The molecular formula is C15H17NO4S. The molecule has 112 valence electrons. The third-order valence-corrected chi connectivity index (χ3v) is 4.14. The number of furan rings is 1. The molecule has 6 heteroatoms. The van der Waals surface area contributed by atoms with Crippen LogP contribution in [0.1, 0.15) is 23.0 Å². The predicted octanol–water partition coefficient (Wildman–Crippen LogP) is 2.04. The van der Waals surface area contributed by atoms with Crippen LogP contribution in [0.4, 0.5) is 0 Å². The van der Waals surface area contributed by atoms with Crippen LogP contribution in [-0.2, 0) is 16.3 Å². The number of benzene rings is 1. The summed E-state index contributed by atoms with van der Waals surface area (Å²) in [4.78, 5) is 12.3. The number of hydrogen-bond donors (Lipinski definition) is 1. The molecule has 0 aliphatic rings. The van der Waals surface area contributed by atoms with Crippen molar-refractivity contribution < 1.29 is 17.6 Å². The Kier molecular flexibility index (Phi) is 4.47. The van der Waals surface area contributed by atoms with Gasteiger partial charge < -0.3 is 9.73 Å². The number of carbonyl (C=O) groups is 1. The van der Waals surface area contributed by atoms with E-state index in [1.54, 1.807) is 12.3 Å². The third-order valence-electron chi connectivity index (χ3n) is 3.01. The Hall–Kier alpha value is -2.08. The van der Waals surface area contributed by atoms with E-state index in [1.165, 1.54) is 24.3 Å². The van der Waals surface area contributed by atoms with Crippen LogP contribution in [0, 0.1) is 0 Å². The second-order valence-electron chi connectivity index (χ2n) is 4.95. The molecule has 0 radical (unpaired) electrons. The first-order chi connectivity index (χ1) is 9.86. The maximum absolute atomic E-state index is 12.1. The largest absolute Gasteiger partial charge is 0.469 e. The Balaban J connectivity index is 2.00. The van der Waals surface area contributed by atoms with E-state index in [4.69, 9.17) is 4.42 Å². The van der Waals surface area contributed by atoms with Crippen LogP contribution >= 0.6 is 0 Å². The SMILES string of the molecule is C[C@@H](Cc1ccco1)NC(=O)c1ccc(S(C)(=O)=O)cc1. The molecule has 21 heavy (non-hydrogen) atoms. The van der Waals surface area contributed by atoms with Gasteiger partial charge in [-0.25, -0.2) is 8.42 Å². The Bertz CT molecular complexity index is 703. The zero-order valence-corrected chi connectivity index (χ0v) is 12.7. The Morgan fingerprint density at radius 3 is 2.43 bits per heavy atom. The first-order valence-corrected chi connectivity index (χ1v) is 8.39. The van der Waals surface area contributed by atoms with Gasteiger partial charge in [-0.1, -0.05) is 0 Å². The number of nitrogens with one attached hydrogen (secondary N) is 1. The van der Waals surface area contributed by atoms with E-state index in [0.29, 0.717) is 12.0 Å². The molecule has 5 nitrogen and oxygen atoms in total. The summed E-state index contributed by atoms with van der Waals surface area (Å²) in [5.41, 5.74) is 0.425. The molecular weight excluding hydrogens is 290 g/mol. The van der Waals surface area contributed by atoms with Gasteiger partial charge in [0.15, 0.2) is 9.84 Å². The lowest BCUT2D eigenvalue weighted by Gasteiger charge is -2.12. The van der Waals surface area contributed by atoms with Crippen LogP contribution in [0.2, 0.25) is 0 Å². The number of rotatable bonds is 5. The smallest absolute Gasteiger partial charge is 0.251 e. The first kappa shape index (κ1) is 15.3. The van der Waals surface area contributed by atoms with Gasteiger partial charge >= 0.3 is 0 Å². The molecule has 1 amide bonds. The molecule has 1 aromatic carbocycles. The second-order valence-corrected chi connectivity index (χ2v) is 6.97. The summed E-state index contributed by atoms with van der Waals surface area (Å²) in [6.07, 6.45) is 3.32. The van der Waals surface area contributed by atoms with Crippen molar-refractivity contribution >= 4 is 15.7 Å². The molecule has 0 spiro atoms. The fourth-order valence-electron chi connectivity index (χ4n) is 1.94. The lowest BCUT2D eigenvalue weighted by atomic mass is 10.1. The van der Waals surface area contributed by atoms with Crippen LogP contribution in [0.25, 0.3) is 0 Å². The molecule has 0 unspecified atom stereocenters. The van der Waals surface area contributed by atoms with E-state index in [0.717, 1.165) is 12.0 Å². The lowest BCUT2D eigenvalue weighted by molar-refractivity contribution is 0.0939. The second kappa shape index (κ2) is 6.13. The maximum atomic E-state index is 12.1. The van der Waals surface area contributed by atoms with Crippen LogP contribution < -0.4 is 5.32 Å². The summed E-state index contributed by atoms with van der Waals surface area (Å²) in [7, 11) is -3.25. The molecule has 0 aliphatic heterocycles. The highest BCUT2D eigenvalue weighted by Crippen LogP contribution is 2.11. The van der Waals surface area contributed by atoms with Gasteiger partial charge in [0, 0.05) is 24.3 Å². The van der Waals surface area contributed by atoms with Crippen molar-refractivity contribution in [1.29, 1.82) is 0 Å². The van der Waals surface area contributed by atoms with Gasteiger partial charge in [0.2, 0.25) is 0 Å². The summed E-state index contributed by atoms with van der Waals surface area (Å²) in [6.45, 7) is 1.88. The van der Waals surface area contributed by atoms with Crippen molar-refractivity contribution in [3.05, 3.63) is 54.0 Å². The minimum Gasteiger partial charge on any atom is -0.469 e. The topological polar surface area (TPSA) is 76.4 Å². The summed E-state index contributed by atoms with van der Waals surface area (Å²) in [6, 6.07) is 9.44. The summed E-state index contributed by atoms with van der Waals surface area (Å²) in [5.74, 6) is 0.560. The molecule has 0 saturated carbocycles. The zero-order valence-electron chi connectivity index (χ0n) is 11.9. The summed E-state index contributed by atoms with van der Waals surface area (Å²) >= 11 is 0. The maximum Gasteiger partial charge on any atom is 0.251 e. The van der Waals surface area contributed by atoms with E-state index in [1.807, 2.05) is 13.0 Å². The van der Waals surface area contributed by atoms with Crippen molar-refractivity contribution in [3.8, 4) is 0 Å². The molecule has 1 N–H and O–H groups in total. The summed E-state index contributed by atoms with van der Waals surface area (Å²) < 4.78 is 27.9. The van der Waals surface area contributed by atoms with Gasteiger partial charge in [-0.3, -0.25) is 4.79 Å². The molecule has 1 aromatic heterocycles. The van der Waals surface area contributed by atoms with Crippen molar-refractivity contribution in [1.82, 2.24) is 5.32 Å². The summed E-state index contributed by atoms with van der Waals surface area (Å²) in [5, 5.41) is 2.84. The van der Waals surface area contributed by atoms with Crippen molar-refractivity contribution in [2.45, 2.75) is 24.3 Å². The first-order valence-electron chi connectivity index (χ1n) is 6.49. The van der Waals surface area contributed by atoms with Gasteiger partial charge in [-0.15, -0.1) is 0 Å². The standard InChI is InChI=1S/C15H17NO4S/c1-11(10-13-4-3-9-20-13)16-15(17)12-5-7-14(8-6-12)21(2,18)19/h3-9,11H,10H2,1-2H3,(H,16,17)/t11-/m0/s1. The van der Waals surface area contributed by atoms with Gasteiger partial charge in [-0.2, -0.15) is 0 Å². The van der Waals surface area contributed by atoms with E-state index in [2.05, 4.69) is 5.32 Å². The quantitative estimate of drug-likeness (QED) is 0.917. The highest BCUT2D eigenvalue weighted by atomic mass is 32.2. The average Bonchev–Trinajstić information content (AvgIpc) is 2.90. The van der Waals surface area contributed by atoms with E-state index in [9.17, 15) is 13.2 Å². The van der Waals surface area contributed by atoms with Crippen molar-refractivity contribution in [3.63, 3.8) is 0 Å². The van der Waals surface area contributed by atoms with Crippen LogP contribution in [0.15, 0.2) is 52.0 Å². The number of carbonyl (C=O) groups excluding carboxylic acids is 1. The minimum atomic E-state index is -3.25. The molecule has 1 heterocycles. The van der Waals surface area contributed by atoms with Crippen LogP contribution in [-0.4, -0.2) is 26.6 Å². The monoisotopic (exact) mass is 307 g/mol. The van der Waals surface area contributed by atoms with E-state index in [-0.39, 0.29) is 16.8 Å². The molecule has 1 atom stereocenters. The predicted molar refractivity (Wildman–Crippen MR) is 78.9 cm³/mol. The van der Waals surface area contributed by atoms with Gasteiger partial charge in [-0.05, 0) is 43.3 Å². The highest BCUT2D eigenvalue weighted by Gasteiger charge is 2.13. The Morgan fingerprint density at radius 1 is 1.24 bits per heavy atom. The van der Waals surface area contributed by atoms with Crippen LogP contribution in [0.3, 0.4) is 0 Å². The fourth-order valence-corrected chi connectivity index (χ4v) is 2.57. The van der Waals surface area contributed by atoms with Crippen molar-refractivity contribution in [2.75, 3.05) is 6.26 Å². The lowest BCUT2D eigenvalue weighted by Crippen LogP contribution is -2.33. The van der Waals surface area contributed by atoms with Gasteiger partial charge in [0.1, 0.15) is 5.76 Å². The third kappa shape index (κ3) is 4.19. The average molecular weight is 307 g/mol. The molecule has 0 aliphatic carbocycles. The molecule has 0 saturated heterocycles. The van der Waals surface area contributed by atoms with Gasteiger partial charge in [0.05, 0.1) is 11.2 Å². The fraction of sp³-hybridized carbons (Fsp3) is 0.267. The normalized spacial score (nSPS) is 12.9. The molecule has 2 aromatic rings. The Morgan fingerprint density at radius 2 is 1.90 bits per heavy atom. The zero-order chi connectivity index (χ0) is 15.5. The van der Waals surface area contributed by atoms with E-state index < -0.39 is 9.84 Å². The van der Waals surface area contributed by atoms with Crippen LogP contribution in [0.5, 0.6) is 0 Å².